The van der Waals surface area contributed by atoms with Gasteiger partial charge in [0.05, 0.1) is 7.11 Å². The number of methoxy groups -OCH3 is 1. The minimum Gasteiger partial charge on any atom is -0.469 e. The highest BCUT2D eigenvalue weighted by molar-refractivity contribution is 6.02. The normalized spacial score (nSPS) is 11.2. The number of ether oxygens (including phenoxy) is 1. The molecule has 2 nitrogen and oxygen atoms in total. The zero-order valence-corrected chi connectivity index (χ0v) is 17.1. The molecule has 0 aliphatic rings. The summed E-state index contributed by atoms with van der Waals surface area (Å²) < 4.78 is 4.67. The van der Waals surface area contributed by atoms with Gasteiger partial charge >= 0.3 is 5.97 Å². The molecule has 3 rings (SSSR count). The molecular formula is C26H32O2. The van der Waals surface area contributed by atoms with Crippen LogP contribution in [0.25, 0.3) is 21.5 Å². The molecule has 0 heterocycles. The molecule has 3 aromatic rings. The smallest absolute Gasteiger partial charge is 0.305 e. The first-order valence-corrected chi connectivity index (χ1v) is 10.8. The summed E-state index contributed by atoms with van der Waals surface area (Å²) in [7, 11) is 1.46. The topological polar surface area (TPSA) is 26.3 Å². The van der Waals surface area contributed by atoms with Crippen molar-refractivity contribution >= 4 is 27.5 Å². The maximum atomic E-state index is 11.1. The van der Waals surface area contributed by atoms with Gasteiger partial charge in [-0.2, -0.15) is 0 Å². The standard InChI is InChI=1S/C26H32O2/c1-28-26(27)19-9-7-5-3-2-4-6-8-18-25-23-16-12-10-14-21(23)20-22-15-11-13-17-24(22)25/h10-17,20H,2-9,18-19H2,1H3. The predicted molar refractivity (Wildman–Crippen MR) is 119 cm³/mol. The Labute approximate surface area is 168 Å². The van der Waals surface area contributed by atoms with Crippen LogP contribution in [0.2, 0.25) is 0 Å². The van der Waals surface area contributed by atoms with Gasteiger partial charge in [-0.1, -0.05) is 87.1 Å². The number of unbranched alkanes of at least 4 members (excludes halogenated alkanes) is 7. The Balaban J connectivity index is 1.44. The van der Waals surface area contributed by atoms with Gasteiger partial charge in [0, 0.05) is 6.42 Å². The van der Waals surface area contributed by atoms with Crippen molar-refractivity contribution in [3.63, 3.8) is 0 Å². The number of carbonyl (C=O) groups is 1. The SMILES string of the molecule is COC(=O)CCCCCCCCCCc1c2ccccc2cc2ccccc12. The molecule has 0 aliphatic carbocycles. The van der Waals surface area contributed by atoms with Crippen molar-refractivity contribution in [2.24, 2.45) is 0 Å². The summed E-state index contributed by atoms with van der Waals surface area (Å²) in [6.45, 7) is 0. The zero-order chi connectivity index (χ0) is 19.6. The van der Waals surface area contributed by atoms with E-state index in [-0.39, 0.29) is 5.97 Å². The molecule has 2 heteroatoms. The van der Waals surface area contributed by atoms with Crippen molar-refractivity contribution in [2.75, 3.05) is 7.11 Å². The zero-order valence-electron chi connectivity index (χ0n) is 17.1. The number of esters is 1. The second-order valence-electron chi connectivity index (χ2n) is 7.70. The van der Waals surface area contributed by atoms with Crippen LogP contribution >= 0.6 is 0 Å². The van der Waals surface area contributed by atoms with Gasteiger partial charge < -0.3 is 4.74 Å². The molecule has 0 unspecified atom stereocenters. The molecule has 0 aliphatic heterocycles. The Morgan fingerprint density at radius 3 is 1.79 bits per heavy atom. The van der Waals surface area contributed by atoms with Crippen LogP contribution in [0.15, 0.2) is 54.6 Å². The van der Waals surface area contributed by atoms with Crippen LogP contribution in [0.4, 0.5) is 0 Å². The van der Waals surface area contributed by atoms with E-state index in [9.17, 15) is 4.79 Å². The minimum absolute atomic E-state index is 0.0824. The lowest BCUT2D eigenvalue weighted by Crippen LogP contribution is -1.99. The van der Waals surface area contributed by atoms with E-state index in [1.807, 2.05) is 0 Å². The number of rotatable bonds is 11. The van der Waals surface area contributed by atoms with E-state index in [1.54, 1.807) is 0 Å². The van der Waals surface area contributed by atoms with E-state index in [0.29, 0.717) is 6.42 Å². The van der Waals surface area contributed by atoms with Crippen molar-refractivity contribution in [3.05, 3.63) is 60.2 Å². The summed E-state index contributed by atoms with van der Waals surface area (Å²) in [5.74, 6) is -0.0824. The van der Waals surface area contributed by atoms with Gasteiger partial charge in [0.2, 0.25) is 0 Å². The first kappa shape index (κ1) is 20.4. The Hall–Kier alpha value is -2.35. The number of hydrogen-bond donors (Lipinski definition) is 0. The average Bonchev–Trinajstić information content (AvgIpc) is 2.74. The van der Waals surface area contributed by atoms with Gasteiger partial charge in [0.25, 0.3) is 0 Å². The van der Waals surface area contributed by atoms with Gasteiger partial charge in [-0.25, -0.2) is 0 Å². The number of hydrogen-bond acceptors (Lipinski definition) is 2. The van der Waals surface area contributed by atoms with Crippen LogP contribution < -0.4 is 0 Å². The third-order valence-corrected chi connectivity index (χ3v) is 5.67. The second kappa shape index (κ2) is 10.8. The van der Waals surface area contributed by atoms with Gasteiger partial charge in [-0.05, 0) is 52.4 Å². The number of benzene rings is 3. The second-order valence-corrected chi connectivity index (χ2v) is 7.70. The molecule has 0 spiro atoms. The lowest BCUT2D eigenvalue weighted by Gasteiger charge is -2.11. The molecule has 0 atom stereocenters. The molecule has 0 saturated carbocycles. The van der Waals surface area contributed by atoms with Gasteiger partial charge in [0.1, 0.15) is 0 Å². The molecular weight excluding hydrogens is 344 g/mol. The first-order chi connectivity index (χ1) is 13.8. The molecule has 0 fully saturated rings. The van der Waals surface area contributed by atoms with Gasteiger partial charge in [-0.15, -0.1) is 0 Å². The summed E-state index contributed by atoms with van der Waals surface area (Å²) in [6, 6.07) is 19.9. The average molecular weight is 377 g/mol. The predicted octanol–water partition coefficient (Wildman–Crippen LogP) is 7.22. The molecule has 0 aromatic heterocycles. The highest BCUT2D eigenvalue weighted by Crippen LogP contribution is 2.29. The third kappa shape index (κ3) is 5.58. The Bertz CT molecular complexity index is 843. The van der Waals surface area contributed by atoms with Crippen molar-refractivity contribution in [2.45, 2.75) is 64.2 Å². The maximum absolute atomic E-state index is 11.1. The summed E-state index contributed by atoms with van der Waals surface area (Å²) in [6.07, 6.45) is 11.5. The van der Waals surface area contributed by atoms with Crippen molar-refractivity contribution in [3.8, 4) is 0 Å². The monoisotopic (exact) mass is 376 g/mol. The van der Waals surface area contributed by atoms with E-state index in [0.717, 1.165) is 19.3 Å². The lowest BCUT2D eigenvalue weighted by atomic mass is 9.93. The molecule has 0 amide bonds. The van der Waals surface area contributed by atoms with Crippen molar-refractivity contribution in [1.82, 2.24) is 0 Å². The van der Waals surface area contributed by atoms with E-state index >= 15 is 0 Å². The molecule has 3 aromatic carbocycles. The molecule has 28 heavy (non-hydrogen) atoms. The minimum atomic E-state index is -0.0824. The lowest BCUT2D eigenvalue weighted by molar-refractivity contribution is -0.140. The number of aryl methyl sites for hydroxylation is 1. The Morgan fingerprint density at radius 2 is 1.21 bits per heavy atom. The summed E-state index contributed by atoms with van der Waals surface area (Å²) in [5, 5.41) is 5.52. The van der Waals surface area contributed by atoms with E-state index in [2.05, 4.69) is 59.3 Å². The first-order valence-electron chi connectivity index (χ1n) is 10.8. The fourth-order valence-corrected chi connectivity index (χ4v) is 4.11. The summed E-state index contributed by atoms with van der Waals surface area (Å²) in [4.78, 5) is 11.1. The largest absolute Gasteiger partial charge is 0.469 e. The number of fused-ring (bicyclic) bond motifs is 2. The third-order valence-electron chi connectivity index (χ3n) is 5.67. The molecule has 0 bridgehead atoms. The maximum Gasteiger partial charge on any atom is 0.305 e. The molecule has 0 saturated heterocycles. The van der Waals surface area contributed by atoms with Crippen LogP contribution in [0.5, 0.6) is 0 Å². The highest BCUT2D eigenvalue weighted by Gasteiger charge is 2.07. The fourth-order valence-electron chi connectivity index (χ4n) is 4.11. The van der Waals surface area contributed by atoms with E-state index in [4.69, 9.17) is 0 Å². The Morgan fingerprint density at radius 1 is 0.714 bits per heavy atom. The van der Waals surface area contributed by atoms with Crippen molar-refractivity contribution in [1.29, 1.82) is 0 Å². The van der Waals surface area contributed by atoms with Crippen LogP contribution in [-0.4, -0.2) is 13.1 Å². The molecule has 0 radical (unpaired) electrons. The fraction of sp³-hybridized carbons (Fsp3) is 0.423. The van der Waals surface area contributed by atoms with Crippen molar-refractivity contribution < 1.29 is 9.53 Å². The quantitative estimate of drug-likeness (QED) is 0.201. The van der Waals surface area contributed by atoms with Crippen LogP contribution in [-0.2, 0) is 16.0 Å². The molecule has 0 N–H and O–H groups in total. The van der Waals surface area contributed by atoms with E-state index < -0.39 is 0 Å². The van der Waals surface area contributed by atoms with Gasteiger partial charge in [0.15, 0.2) is 0 Å². The highest BCUT2D eigenvalue weighted by atomic mass is 16.5. The van der Waals surface area contributed by atoms with Crippen LogP contribution in [0.3, 0.4) is 0 Å². The summed E-state index contributed by atoms with van der Waals surface area (Å²) in [5.41, 5.74) is 1.51. The van der Waals surface area contributed by atoms with E-state index in [1.165, 1.54) is 72.7 Å². The Kier molecular flexibility index (Phi) is 7.90. The van der Waals surface area contributed by atoms with Gasteiger partial charge in [-0.3, -0.25) is 4.79 Å². The summed E-state index contributed by atoms with van der Waals surface area (Å²) >= 11 is 0. The van der Waals surface area contributed by atoms with Crippen LogP contribution in [0.1, 0.15) is 63.4 Å². The molecule has 148 valence electrons. The van der Waals surface area contributed by atoms with Crippen LogP contribution in [0, 0.1) is 0 Å². The number of carbonyl (C=O) groups excluding carboxylic acids is 1.